The first-order chi connectivity index (χ1) is 6.61. The van der Waals surface area contributed by atoms with Crippen LogP contribution in [0.3, 0.4) is 0 Å². The van der Waals surface area contributed by atoms with Crippen molar-refractivity contribution in [3.05, 3.63) is 23.3 Å². The first kappa shape index (κ1) is 10.3. The van der Waals surface area contributed by atoms with Gasteiger partial charge in [-0.1, -0.05) is 0 Å². The number of aromatic nitrogens is 1. The third kappa shape index (κ3) is 1.62. The lowest BCUT2D eigenvalue weighted by Gasteiger charge is -2.08. The summed E-state index contributed by atoms with van der Waals surface area (Å²) in [5.74, 6) is -1.70. The molecule has 0 aromatic carbocycles. The maximum Gasteiger partial charge on any atom is 0.270 e. The van der Waals surface area contributed by atoms with Crippen molar-refractivity contribution in [2.24, 2.45) is 0 Å². The molecule has 0 saturated carbocycles. The van der Waals surface area contributed by atoms with Gasteiger partial charge in [-0.15, -0.1) is 0 Å². The van der Waals surface area contributed by atoms with Gasteiger partial charge < -0.3 is 4.74 Å². The Morgan fingerprint density at radius 2 is 2.21 bits per heavy atom. The van der Waals surface area contributed by atoms with Crippen LogP contribution in [0, 0.1) is 17.1 Å². The maximum atomic E-state index is 13.1. The van der Waals surface area contributed by atoms with Crippen molar-refractivity contribution in [1.82, 2.24) is 4.98 Å². The van der Waals surface area contributed by atoms with Gasteiger partial charge in [0.15, 0.2) is 11.5 Å². The van der Waals surface area contributed by atoms with Crippen molar-refractivity contribution < 1.29 is 17.9 Å². The third-order valence-corrected chi connectivity index (χ3v) is 1.56. The summed E-state index contributed by atoms with van der Waals surface area (Å²) in [7, 11) is 1.12. The molecule has 0 bridgehead atoms. The molecule has 14 heavy (non-hydrogen) atoms. The minimum absolute atomic E-state index is 0.364. The highest BCUT2D eigenvalue weighted by Gasteiger charge is 2.23. The van der Waals surface area contributed by atoms with Crippen LogP contribution in [0.2, 0.25) is 0 Å². The predicted molar refractivity (Wildman–Crippen MR) is 40.4 cm³/mol. The van der Waals surface area contributed by atoms with E-state index >= 15 is 0 Å². The summed E-state index contributed by atoms with van der Waals surface area (Å²) < 4.78 is 42.3. The fourth-order valence-electron chi connectivity index (χ4n) is 0.929. The van der Waals surface area contributed by atoms with Gasteiger partial charge >= 0.3 is 0 Å². The predicted octanol–water partition coefficient (Wildman–Crippen LogP) is 2.04. The van der Waals surface area contributed by atoms with E-state index in [1.54, 1.807) is 0 Å². The van der Waals surface area contributed by atoms with Crippen molar-refractivity contribution in [3.8, 4) is 11.8 Å². The smallest absolute Gasteiger partial charge is 0.270 e. The Kier molecular flexibility index (Phi) is 2.92. The van der Waals surface area contributed by atoms with Gasteiger partial charge in [0.2, 0.25) is 0 Å². The van der Waals surface area contributed by atoms with Crippen LogP contribution < -0.4 is 4.74 Å². The van der Waals surface area contributed by atoms with E-state index in [-0.39, 0.29) is 5.75 Å². The summed E-state index contributed by atoms with van der Waals surface area (Å²) in [5.41, 5.74) is -1.60. The molecule has 0 atom stereocenters. The molecule has 0 N–H and O–H groups in total. The fraction of sp³-hybridized carbons (Fsp3) is 0.250. The standard InChI is InChI=1S/C8H5F3N2O/c1-14-5-3-13-4(2-12)7(9)6(5)8(10)11/h3,8H,1H3. The zero-order chi connectivity index (χ0) is 10.7. The molecule has 6 heteroatoms. The molecular weight excluding hydrogens is 197 g/mol. The zero-order valence-corrected chi connectivity index (χ0v) is 7.09. The van der Waals surface area contributed by atoms with Crippen LogP contribution in [-0.4, -0.2) is 12.1 Å². The third-order valence-electron chi connectivity index (χ3n) is 1.56. The Hall–Kier alpha value is -1.77. The van der Waals surface area contributed by atoms with Crippen molar-refractivity contribution in [2.45, 2.75) is 6.43 Å². The Bertz CT molecular complexity index is 387. The number of methoxy groups -OCH3 is 1. The quantitative estimate of drug-likeness (QED) is 0.737. The maximum absolute atomic E-state index is 13.1. The molecule has 1 rings (SSSR count). The summed E-state index contributed by atoms with van der Waals surface area (Å²) >= 11 is 0. The number of hydrogen-bond donors (Lipinski definition) is 0. The molecule has 0 aliphatic carbocycles. The van der Waals surface area contributed by atoms with Crippen molar-refractivity contribution in [2.75, 3.05) is 7.11 Å². The van der Waals surface area contributed by atoms with Gasteiger partial charge in [0.25, 0.3) is 6.43 Å². The van der Waals surface area contributed by atoms with E-state index in [1.807, 2.05) is 0 Å². The van der Waals surface area contributed by atoms with Crippen LogP contribution in [-0.2, 0) is 0 Å². The zero-order valence-electron chi connectivity index (χ0n) is 7.09. The topological polar surface area (TPSA) is 45.9 Å². The highest BCUT2D eigenvalue weighted by atomic mass is 19.3. The summed E-state index contributed by atoms with van der Waals surface area (Å²) in [5, 5.41) is 8.35. The van der Waals surface area contributed by atoms with Crippen LogP contribution in [0.4, 0.5) is 13.2 Å². The average Bonchev–Trinajstić information content (AvgIpc) is 2.16. The van der Waals surface area contributed by atoms with Gasteiger partial charge in [-0.3, -0.25) is 0 Å². The summed E-state index contributed by atoms with van der Waals surface area (Å²) in [6, 6.07) is 1.37. The minimum atomic E-state index is -3.04. The monoisotopic (exact) mass is 202 g/mol. The van der Waals surface area contributed by atoms with Crippen molar-refractivity contribution >= 4 is 0 Å². The Morgan fingerprint density at radius 1 is 1.57 bits per heavy atom. The van der Waals surface area contributed by atoms with E-state index < -0.39 is 23.5 Å². The summed E-state index contributed by atoms with van der Waals surface area (Å²) in [6.07, 6.45) is -2.15. The van der Waals surface area contributed by atoms with Gasteiger partial charge in [-0.25, -0.2) is 18.2 Å². The second kappa shape index (κ2) is 3.96. The van der Waals surface area contributed by atoms with E-state index in [0.29, 0.717) is 0 Å². The average molecular weight is 202 g/mol. The number of pyridine rings is 1. The first-order valence-electron chi connectivity index (χ1n) is 3.52. The molecule has 1 aromatic heterocycles. The molecule has 0 aliphatic heterocycles. The van der Waals surface area contributed by atoms with Gasteiger partial charge in [-0.05, 0) is 0 Å². The normalized spacial score (nSPS) is 10.0. The molecule has 0 radical (unpaired) electrons. The van der Waals surface area contributed by atoms with Crippen LogP contribution >= 0.6 is 0 Å². The Labute approximate surface area is 77.7 Å². The minimum Gasteiger partial charge on any atom is -0.495 e. The van der Waals surface area contributed by atoms with Crippen molar-refractivity contribution in [3.63, 3.8) is 0 Å². The SMILES string of the molecule is COc1cnc(C#N)c(F)c1C(F)F. The van der Waals surface area contributed by atoms with E-state index in [4.69, 9.17) is 5.26 Å². The molecule has 0 unspecified atom stereocenters. The summed E-state index contributed by atoms with van der Waals surface area (Å²) in [6.45, 7) is 0. The highest BCUT2D eigenvalue weighted by Crippen LogP contribution is 2.31. The number of nitriles is 1. The summed E-state index contributed by atoms with van der Waals surface area (Å²) in [4.78, 5) is 3.32. The molecule has 0 aliphatic rings. The Balaban J connectivity index is 3.41. The Morgan fingerprint density at radius 3 is 2.64 bits per heavy atom. The molecule has 1 heterocycles. The lowest BCUT2D eigenvalue weighted by atomic mass is 10.2. The first-order valence-corrected chi connectivity index (χ1v) is 3.52. The second-order valence-electron chi connectivity index (χ2n) is 2.32. The van der Waals surface area contributed by atoms with Gasteiger partial charge in [0.1, 0.15) is 17.4 Å². The van der Waals surface area contributed by atoms with E-state index in [2.05, 4.69) is 9.72 Å². The molecule has 74 valence electrons. The number of hydrogen-bond acceptors (Lipinski definition) is 3. The van der Waals surface area contributed by atoms with Crippen LogP contribution in [0.25, 0.3) is 0 Å². The number of rotatable bonds is 2. The molecular formula is C8H5F3N2O. The largest absolute Gasteiger partial charge is 0.495 e. The van der Waals surface area contributed by atoms with Crippen LogP contribution in [0.15, 0.2) is 6.20 Å². The lowest BCUT2D eigenvalue weighted by molar-refractivity contribution is 0.141. The number of ether oxygens (including phenoxy) is 1. The molecule has 0 fully saturated rings. The van der Waals surface area contributed by atoms with E-state index in [1.165, 1.54) is 6.07 Å². The molecule has 3 nitrogen and oxygen atoms in total. The van der Waals surface area contributed by atoms with Crippen LogP contribution in [0.5, 0.6) is 5.75 Å². The number of alkyl halides is 2. The molecule has 1 aromatic rings. The van der Waals surface area contributed by atoms with Gasteiger partial charge in [0, 0.05) is 0 Å². The number of nitrogens with zero attached hydrogens (tertiary/aromatic N) is 2. The fourth-order valence-corrected chi connectivity index (χ4v) is 0.929. The van der Waals surface area contributed by atoms with Gasteiger partial charge in [-0.2, -0.15) is 5.26 Å². The molecule has 0 saturated heterocycles. The molecule has 0 amide bonds. The van der Waals surface area contributed by atoms with E-state index in [0.717, 1.165) is 13.3 Å². The van der Waals surface area contributed by atoms with E-state index in [9.17, 15) is 13.2 Å². The second-order valence-corrected chi connectivity index (χ2v) is 2.32. The van der Waals surface area contributed by atoms with Crippen LogP contribution in [0.1, 0.15) is 17.7 Å². The lowest BCUT2D eigenvalue weighted by Crippen LogP contribution is -2.01. The molecule has 0 spiro atoms. The highest BCUT2D eigenvalue weighted by molar-refractivity contribution is 5.38. The van der Waals surface area contributed by atoms with Gasteiger partial charge in [0.05, 0.1) is 13.3 Å². The number of halogens is 3. The van der Waals surface area contributed by atoms with Crippen molar-refractivity contribution in [1.29, 1.82) is 5.26 Å².